The largest absolute Gasteiger partial charge is 0.396 e. The van der Waals surface area contributed by atoms with Crippen molar-refractivity contribution in [1.29, 1.82) is 0 Å². The molecule has 166 valence electrons. The summed E-state index contributed by atoms with van der Waals surface area (Å²) in [5.74, 6) is -0.232. The minimum atomic E-state index is -0.227. The van der Waals surface area contributed by atoms with Gasteiger partial charge in [0.15, 0.2) is 0 Å². The van der Waals surface area contributed by atoms with Crippen LogP contribution in [0.5, 0.6) is 0 Å². The van der Waals surface area contributed by atoms with E-state index < -0.39 is 0 Å². The van der Waals surface area contributed by atoms with E-state index in [1.165, 1.54) is 23.8 Å². The summed E-state index contributed by atoms with van der Waals surface area (Å²) in [6, 6.07) is 12.1. The third-order valence-corrected chi connectivity index (χ3v) is 6.24. The van der Waals surface area contributed by atoms with E-state index in [4.69, 9.17) is 5.11 Å². The van der Waals surface area contributed by atoms with Crippen molar-refractivity contribution >= 4 is 24.8 Å². The van der Waals surface area contributed by atoms with Crippen molar-refractivity contribution in [3.05, 3.63) is 70.8 Å². The lowest BCUT2D eigenvalue weighted by molar-refractivity contribution is 0.0926. The van der Waals surface area contributed by atoms with Crippen molar-refractivity contribution in [3.8, 4) is 0 Å². The van der Waals surface area contributed by atoms with Gasteiger partial charge in [-0.05, 0) is 66.8 Å². The molecule has 3 nitrogen and oxygen atoms in total. The van der Waals surface area contributed by atoms with Crippen LogP contribution in [0.15, 0.2) is 42.5 Å². The van der Waals surface area contributed by atoms with Gasteiger partial charge in [0.1, 0.15) is 11.6 Å². The van der Waals surface area contributed by atoms with Gasteiger partial charge in [-0.2, -0.15) is 0 Å². The molecular formula is C23H30Cl2F2N2O. The van der Waals surface area contributed by atoms with Gasteiger partial charge in [0.25, 0.3) is 0 Å². The maximum Gasteiger partial charge on any atom is 0.123 e. The molecule has 2 aromatic carbocycles. The first-order chi connectivity index (χ1) is 13.7. The summed E-state index contributed by atoms with van der Waals surface area (Å²) >= 11 is 0. The van der Waals surface area contributed by atoms with Crippen LogP contribution in [0.3, 0.4) is 0 Å². The molecular weight excluding hydrogens is 429 g/mol. The Hall–Kier alpha value is -1.24. The van der Waals surface area contributed by atoms with E-state index in [0.29, 0.717) is 0 Å². The number of aliphatic hydroxyl groups is 1. The topological polar surface area (TPSA) is 26.7 Å². The van der Waals surface area contributed by atoms with Crippen molar-refractivity contribution in [2.45, 2.75) is 31.2 Å². The normalized spacial score (nSPS) is 21.6. The summed E-state index contributed by atoms with van der Waals surface area (Å²) in [4.78, 5) is 4.93. The molecule has 1 fully saturated rings. The molecule has 0 aromatic heterocycles. The molecule has 1 saturated heterocycles. The number of piperazine rings is 1. The fourth-order valence-corrected chi connectivity index (χ4v) is 4.73. The molecule has 30 heavy (non-hydrogen) atoms. The number of unbranched alkanes of at least 4 members (excludes halogenated alkanes) is 1. The third-order valence-electron chi connectivity index (χ3n) is 6.24. The number of fused-ring (bicyclic) bond motifs is 1. The molecule has 2 aliphatic rings. The maximum absolute atomic E-state index is 14.0. The summed E-state index contributed by atoms with van der Waals surface area (Å²) < 4.78 is 27.4. The van der Waals surface area contributed by atoms with Gasteiger partial charge in [-0.25, -0.2) is 8.78 Å². The summed E-state index contributed by atoms with van der Waals surface area (Å²) in [7, 11) is 0. The molecule has 0 spiro atoms. The lowest BCUT2D eigenvalue weighted by Gasteiger charge is -2.38. The highest BCUT2D eigenvalue weighted by Crippen LogP contribution is 2.47. The van der Waals surface area contributed by atoms with Gasteiger partial charge < -0.3 is 10.0 Å². The number of benzene rings is 2. The zero-order chi connectivity index (χ0) is 19.5. The number of nitrogens with zero attached hydrogens (tertiary/aromatic N) is 2. The second-order valence-corrected chi connectivity index (χ2v) is 7.94. The Kier molecular flexibility index (Phi) is 9.51. The number of halogens is 4. The molecule has 2 aromatic rings. The minimum absolute atomic E-state index is 0. The average molecular weight is 459 g/mol. The van der Waals surface area contributed by atoms with Crippen molar-refractivity contribution in [1.82, 2.24) is 9.80 Å². The number of hydrogen-bond acceptors (Lipinski definition) is 3. The molecule has 0 bridgehead atoms. The van der Waals surface area contributed by atoms with Gasteiger partial charge in [-0.1, -0.05) is 18.2 Å². The fourth-order valence-electron chi connectivity index (χ4n) is 4.73. The molecule has 1 aliphatic carbocycles. The molecule has 0 saturated carbocycles. The second-order valence-electron chi connectivity index (χ2n) is 7.94. The predicted octanol–water partition coefficient (Wildman–Crippen LogP) is 4.78. The van der Waals surface area contributed by atoms with E-state index in [2.05, 4.69) is 9.80 Å². The second kappa shape index (κ2) is 11.4. The van der Waals surface area contributed by atoms with Gasteiger partial charge in [-0.15, -0.1) is 24.8 Å². The molecule has 0 amide bonds. The first-order valence-corrected chi connectivity index (χ1v) is 10.3. The molecule has 0 radical (unpaired) electrons. The highest BCUT2D eigenvalue weighted by Gasteiger charge is 2.36. The zero-order valence-electron chi connectivity index (χ0n) is 17.0. The Bertz CT molecular complexity index is 798. The van der Waals surface area contributed by atoms with Crippen LogP contribution in [0.2, 0.25) is 0 Å². The van der Waals surface area contributed by atoms with Gasteiger partial charge in [0.2, 0.25) is 0 Å². The Labute approximate surface area is 189 Å². The number of aliphatic hydroxyl groups excluding tert-OH is 1. The summed E-state index contributed by atoms with van der Waals surface area (Å²) in [5.41, 5.74) is 3.35. The van der Waals surface area contributed by atoms with E-state index in [9.17, 15) is 8.78 Å². The van der Waals surface area contributed by atoms with Crippen LogP contribution in [0.4, 0.5) is 8.78 Å². The summed E-state index contributed by atoms with van der Waals surface area (Å²) in [6.45, 7) is 5.24. The van der Waals surface area contributed by atoms with E-state index in [1.54, 1.807) is 6.07 Å². The monoisotopic (exact) mass is 458 g/mol. The van der Waals surface area contributed by atoms with Crippen molar-refractivity contribution in [2.75, 3.05) is 39.3 Å². The lowest BCUT2D eigenvalue weighted by atomic mass is 9.93. The summed E-state index contributed by atoms with van der Waals surface area (Å²) in [5, 5.41) is 8.95. The number of hydrogen-bond donors (Lipinski definition) is 1. The first kappa shape index (κ1) is 25.0. The first-order valence-electron chi connectivity index (χ1n) is 10.3. The third kappa shape index (κ3) is 5.51. The van der Waals surface area contributed by atoms with Gasteiger partial charge in [-0.3, -0.25) is 4.90 Å². The van der Waals surface area contributed by atoms with Crippen LogP contribution in [-0.2, 0) is 0 Å². The highest BCUT2D eigenvalue weighted by atomic mass is 35.5. The van der Waals surface area contributed by atoms with E-state index in [-0.39, 0.29) is 55.0 Å². The maximum atomic E-state index is 14.0. The quantitative estimate of drug-likeness (QED) is 0.631. The number of rotatable bonds is 6. The Balaban J connectivity index is 0.00000160. The van der Waals surface area contributed by atoms with E-state index in [1.807, 2.05) is 18.2 Å². The highest BCUT2D eigenvalue weighted by molar-refractivity contribution is 5.85. The Morgan fingerprint density at radius 3 is 2.17 bits per heavy atom. The van der Waals surface area contributed by atoms with Crippen LogP contribution in [0.1, 0.15) is 47.9 Å². The fraction of sp³-hybridized carbons (Fsp3) is 0.478. The standard InChI is InChI=1S/C23H28F2N2O.2ClH/c24-18-5-3-17(4-6-18)21-16-23(22-15-19(25)7-8-20(21)22)27-12-10-26(11-13-27)9-1-2-14-28;;/h3-8,15,21,23,28H,1-2,9-14,16H2;2*1H. The van der Waals surface area contributed by atoms with Crippen LogP contribution in [0.25, 0.3) is 0 Å². The SMILES string of the molecule is Cl.Cl.OCCCCN1CCN(C2CC(c3ccc(F)cc3)c3ccc(F)cc32)CC1. The zero-order valence-corrected chi connectivity index (χ0v) is 18.6. The minimum Gasteiger partial charge on any atom is -0.396 e. The smallest absolute Gasteiger partial charge is 0.123 e. The molecule has 2 atom stereocenters. The van der Waals surface area contributed by atoms with Crippen LogP contribution in [-0.4, -0.2) is 54.2 Å². The van der Waals surface area contributed by atoms with E-state index >= 15 is 0 Å². The lowest BCUT2D eigenvalue weighted by Crippen LogP contribution is -2.47. The summed E-state index contributed by atoms with van der Waals surface area (Å²) in [6.07, 6.45) is 2.80. The van der Waals surface area contributed by atoms with Gasteiger partial charge >= 0.3 is 0 Å². The van der Waals surface area contributed by atoms with Gasteiger partial charge in [0.05, 0.1) is 0 Å². The van der Waals surface area contributed by atoms with E-state index in [0.717, 1.165) is 63.1 Å². The van der Waals surface area contributed by atoms with Crippen LogP contribution < -0.4 is 0 Å². The van der Waals surface area contributed by atoms with Crippen LogP contribution >= 0.6 is 24.8 Å². The molecule has 4 rings (SSSR count). The van der Waals surface area contributed by atoms with Crippen molar-refractivity contribution in [3.63, 3.8) is 0 Å². The van der Waals surface area contributed by atoms with Crippen molar-refractivity contribution in [2.24, 2.45) is 0 Å². The molecule has 2 unspecified atom stereocenters. The molecule has 7 heteroatoms. The Morgan fingerprint density at radius 2 is 1.50 bits per heavy atom. The molecule has 1 aliphatic heterocycles. The Morgan fingerprint density at radius 1 is 0.833 bits per heavy atom. The molecule has 1 heterocycles. The molecule has 1 N–H and O–H groups in total. The van der Waals surface area contributed by atoms with Gasteiger partial charge in [0, 0.05) is 44.7 Å². The average Bonchev–Trinajstić information content (AvgIpc) is 3.08. The predicted molar refractivity (Wildman–Crippen MR) is 121 cm³/mol. The van der Waals surface area contributed by atoms with Crippen LogP contribution in [0, 0.1) is 11.6 Å². The van der Waals surface area contributed by atoms with Crippen molar-refractivity contribution < 1.29 is 13.9 Å².